The minimum atomic E-state index is -3.28. The van der Waals surface area contributed by atoms with Crippen LogP contribution in [0, 0.1) is 0 Å². The average Bonchev–Trinajstić information content (AvgIpc) is 3.22. The minimum absolute atomic E-state index is 0.0919. The number of rotatable bonds is 7. The fourth-order valence-electron chi connectivity index (χ4n) is 3.34. The van der Waals surface area contributed by atoms with Crippen molar-refractivity contribution in [1.29, 1.82) is 0 Å². The first kappa shape index (κ1) is 22.5. The monoisotopic (exact) mass is 482 g/mol. The van der Waals surface area contributed by atoms with Crippen molar-refractivity contribution in [3.63, 3.8) is 0 Å². The quantitative estimate of drug-likeness (QED) is 0.339. The van der Waals surface area contributed by atoms with Crippen LogP contribution in [-0.2, 0) is 27.6 Å². The molecule has 0 N–H and O–H groups in total. The molecule has 164 valence electrons. The summed E-state index contributed by atoms with van der Waals surface area (Å²) in [5.74, 6) is -0.0919. The fourth-order valence-corrected chi connectivity index (χ4v) is 5.61. The van der Waals surface area contributed by atoms with Crippen LogP contribution in [0.1, 0.15) is 11.1 Å². The van der Waals surface area contributed by atoms with Crippen molar-refractivity contribution in [3.05, 3.63) is 83.9 Å². The first-order valence-corrected chi connectivity index (χ1v) is 13.9. The Balaban J connectivity index is 1.67. The van der Waals surface area contributed by atoms with Gasteiger partial charge in [-0.1, -0.05) is 59.9 Å². The topological polar surface area (TPSA) is 67.3 Å². The summed E-state index contributed by atoms with van der Waals surface area (Å²) in [4.78, 5) is 21.2. The van der Waals surface area contributed by atoms with Gasteiger partial charge in [-0.2, -0.15) is 0 Å². The lowest BCUT2D eigenvalue weighted by Gasteiger charge is -2.20. The van der Waals surface area contributed by atoms with Crippen LogP contribution in [-0.4, -0.2) is 31.8 Å². The van der Waals surface area contributed by atoms with E-state index in [4.69, 9.17) is 4.98 Å². The number of carbonyl (C=O) groups excluding carboxylic acids is 1. The molecule has 0 bridgehead atoms. The number of anilines is 1. The standard InChI is InChI=1S/C24H22N2O3S3/c1-30-20-9-6-10-21-23(20)25-24(31-21)26(16-18-7-4-3-5-8-18)22(27)15-17-11-13-19(14-12-17)32(2,28)29/h3-14H,15-16H2,1-2H3. The number of hydrogen-bond donors (Lipinski definition) is 0. The Bertz CT molecular complexity index is 1350. The van der Waals surface area contributed by atoms with E-state index in [1.807, 2.05) is 54.8 Å². The number of fused-ring (bicyclic) bond motifs is 1. The smallest absolute Gasteiger partial charge is 0.233 e. The van der Waals surface area contributed by atoms with Crippen LogP contribution >= 0.6 is 23.1 Å². The van der Waals surface area contributed by atoms with E-state index in [1.165, 1.54) is 17.6 Å². The van der Waals surface area contributed by atoms with E-state index in [1.54, 1.807) is 40.9 Å². The zero-order valence-corrected chi connectivity index (χ0v) is 20.1. The molecular weight excluding hydrogens is 460 g/mol. The van der Waals surface area contributed by atoms with Crippen molar-refractivity contribution < 1.29 is 13.2 Å². The maximum absolute atomic E-state index is 13.4. The molecule has 0 spiro atoms. The number of nitrogens with zero attached hydrogens (tertiary/aromatic N) is 2. The third-order valence-corrected chi connectivity index (χ3v) is 7.95. The molecule has 8 heteroatoms. The molecule has 0 unspecified atom stereocenters. The third kappa shape index (κ3) is 5.03. The molecule has 4 rings (SSSR count). The number of benzene rings is 3. The summed E-state index contributed by atoms with van der Waals surface area (Å²) in [7, 11) is -3.28. The highest BCUT2D eigenvalue weighted by atomic mass is 32.2. The molecular formula is C24H22N2O3S3. The van der Waals surface area contributed by atoms with E-state index < -0.39 is 9.84 Å². The number of carbonyl (C=O) groups is 1. The molecule has 4 aromatic rings. The Kier molecular flexibility index (Phi) is 6.64. The molecule has 5 nitrogen and oxygen atoms in total. The number of sulfone groups is 1. The number of thioether (sulfide) groups is 1. The Labute approximate surface area is 196 Å². The Morgan fingerprint density at radius 1 is 0.969 bits per heavy atom. The molecule has 1 aromatic heterocycles. The number of hydrogen-bond acceptors (Lipinski definition) is 6. The van der Waals surface area contributed by atoms with Gasteiger partial charge in [0.15, 0.2) is 15.0 Å². The third-order valence-electron chi connectivity index (χ3n) is 5.01. The lowest BCUT2D eigenvalue weighted by Crippen LogP contribution is -2.31. The predicted molar refractivity (Wildman–Crippen MR) is 132 cm³/mol. The van der Waals surface area contributed by atoms with Gasteiger partial charge in [0.1, 0.15) is 0 Å². The Hall–Kier alpha value is -2.68. The molecule has 0 aliphatic rings. The van der Waals surface area contributed by atoms with Crippen LogP contribution in [0.4, 0.5) is 5.13 Å². The summed E-state index contributed by atoms with van der Waals surface area (Å²) in [6.45, 7) is 0.412. The van der Waals surface area contributed by atoms with Crippen LogP contribution in [0.5, 0.6) is 0 Å². The van der Waals surface area contributed by atoms with Gasteiger partial charge >= 0.3 is 0 Å². The second kappa shape index (κ2) is 9.44. The highest BCUT2D eigenvalue weighted by Gasteiger charge is 2.21. The highest BCUT2D eigenvalue weighted by molar-refractivity contribution is 7.98. The molecule has 3 aromatic carbocycles. The molecule has 0 saturated carbocycles. The van der Waals surface area contributed by atoms with Gasteiger partial charge in [0, 0.05) is 11.2 Å². The molecule has 0 radical (unpaired) electrons. The van der Waals surface area contributed by atoms with Gasteiger partial charge in [-0.15, -0.1) is 11.8 Å². The summed E-state index contributed by atoms with van der Waals surface area (Å²) in [5.41, 5.74) is 2.67. The maximum atomic E-state index is 13.4. The normalized spacial score (nSPS) is 11.6. The molecule has 1 heterocycles. The van der Waals surface area contributed by atoms with Crippen LogP contribution in [0.15, 0.2) is 82.6 Å². The molecule has 0 aliphatic heterocycles. The van der Waals surface area contributed by atoms with Gasteiger partial charge in [-0.3, -0.25) is 9.69 Å². The van der Waals surface area contributed by atoms with Crippen molar-refractivity contribution in [2.24, 2.45) is 0 Å². The largest absolute Gasteiger partial charge is 0.283 e. The van der Waals surface area contributed by atoms with Gasteiger partial charge in [0.25, 0.3) is 0 Å². The van der Waals surface area contributed by atoms with Gasteiger partial charge in [0.2, 0.25) is 5.91 Å². The van der Waals surface area contributed by atoms with Crippen LogP contribution in [0.3, 0.4) is 0 Å². The Morgan fingerprint density at radius 2 is 1.69 bits per heavy atom. The summed E-state index contributed by atoms with van der Waals surface area (Å²) < 4.78 is 24.5. The van der Waals surface area contributed by atoms with Gasteiger partial charge in [-0.05, 0) is 41.6 Å². The number of para-hydroxylation sites is 1. The summed E-state index contributed by atoms with van der Waals surface area (Å²) in [5, 5.41) is 0.656. The van der Waals surface area contributed by atoms with Crippen LogP contribution in [0.2, 0.25) is 0 Å². The van der Waals surface area contributed by atoms with Crippen molar-refractivity contribution in [1.82, 2.24) is 4.98 Å². The summed E-state index contributed by atoms with van der Waals surface area (Å²) >= 11 is 3.13. The second-order valence-electron chi connectivity index (χ2n) is 7.36. The fraction of sp³-hybridized carbons (Fsp3) is 0.167. The molecule has 0 saturated heterocycles. The van der Waals surface area contributed by atoms with E-state index in [0.29, 0.717) is 11.7 Å². The second-order valence-corrected chi connectivity index (χ2v) is 11.2. The van der Waals surface area contributed by atoms with Crippen molar-refractivity contribution >= 4 is 54.2 Å². The van der Waals surface area contributed by atoms with Crippen LogP contribution < -0.4 is 4.90 Å². The van der Waals surface area contributed by atoms with Gasteiger partial charge in [-0.25, -0.2) is 13.4 Å². The lowest BCUT2D eigenvalue weighted by atomic mass is 10.1. The minimum Gasteiger partial charge on any atom is -0.283 e. The van der Waals surface area contributed by atoms with E-state index in [9.17, 15) is 13.2 Å². The maximum Gasteiger partial charge on any atom is 0.233 e. The molecule has 32 heavy (non-hydrogen) atoms. The SMILES string of the molecule is CSc1cccc2sc(N(Cc3ccccc3)C(=O)Cc3ccc(S(C)(=O)=O)cc3)nc12. The van der Waals surface area contributed by atoms with Crippen molar-refractivity contribution in [2.75, 3.05) is 17.4 Å². The van der Waals surface area contributed by atoms with Gasteiger partial charge in [0.05, 0.1) is 28.1 Å². The predicted octanol–water partition coefficient (Wildman–Crippen LogP) is 5.20. The summed E-state index contributed by atoms with van der Waals surface area (Å²) in [6.07, 6.45) is 3.34. The first-order valence-electron chi connectivity index (χ1n) is 9.92. The molecule has 0 atom stereocenters. The number of aromatic nitrogens is 1. The molecule has 0 aliphatic carbocycles. The van der Waals surface area contributed by atoms with Crippen LogP contribution in [0.25, 0.3) is 10.2 Å². The molecule has 0 fully saturated rings. The van der Waals surface area contributed by atoms with E-state index in [0.717, 1.165) is 26.2 Å². The lowest BCUT2D eigenvalue weighted by molar-refractivity contribution is -0.118. The Morgan fingerprint density at radius 3 is 2.34 bits per heavy atom. The first-order chi connectivity index (χ1) is 15.3. The van der Waals surface area contributed by atoms with Crippen molar-refractivity contribution in [2.45, 2.75) is 22.8 Å². The zero-order valence-electron chi connectivity index (χ0n) is 17.7. The zero-order chi connectivity index (χ0) is 22.7. The summed E-state index contributed by atoms with van der Waals surface area (Å²) in [6, 6.07) is 22.3. The highest BCUT2D eigenvalue weighted by Crippen LogP contribution is 2.35. The van der Waals surface area contributed by atoms with E-state index in [-0.39, 0.29) is 17.2 Å². The average molecular weight is 483 g/mol. The van der Waals surface area contributed by atoms with Crippen molar-refractivity contribution in [3.8, 4) is 0 Å². The molecule has 1 amide bonds. The number of amides is 1. The number of thiazole rings is 1. The van der Waals surface area contributed by atoms with E-state index in [2.05, 4.69) is 0 Å². The van der Waals surface area contributed by atoms with Gasteiger partial charge < -0.3 is 0 Å². The van der Waals surface area contributed by atoms with E-state index >= 15 is 0 Å².